The number of nitrogens with one attached hydrogen (secondary N) is 2. The standard InChI is InChI=1S/C24H37N5OS/c1-6-25-24(27-12-23-28-22(16-31-23)17(2)3)26-11-20-9-7-8-10-21(20)15-29-13-18(4)30-19(5)14-29/h7-10,16-19H,6,11-15H2,1-5H3,(H2,25,26,27). The summed E-state index contributed by atoms with van der Waals surface area (Å²) >= 11 is 1.70. The predicted octanol–water partition coefficient (Wildman–Crippen LogP) is 4.13. The summed E-state index contributed by atoms with van der Waals surface area (Å²) < 4.78 is 5.88. The summed E-state index contributed by atoms with van der Waals surface area (Å²) in [5.41, 5.74) is 3.76. The SMILES string of the molecule is CCNC(=NCc1ccccc1CN1CC(C)OC(C)C1)NCc1nc(C(C)C)cs1. The molecule has 0 aliphatic carbocycles. The average molecular weight is 444 g/mol. The minimum atomic E-state index is 0.278. The zero-order valence-corrected chi connectivity index (χ0v) is 20.3. The molecular formula is C24H37N5OS. The van der Waals surface area contributed by atoms with Crippen molar-refractivity contribution in [2.24, 2.45) is 4.99 Å². The van der Waals surface area contributed by atoms with E-state index in [4.69, 9.17) is 14.7 Å². The number of ether oxygens (including phenoxy) is 1. The summed E-state index contributed by atoms with van der Waals surface area (Å²) in [5.74, 6) is 1.29. The molecule has 2 heterocycles. The van der Waals surface area contributed by atoms with Crippen molar-refractivity contribution in [1.82, 2.24) is 20.5 Å². The van der Waals surface area contributed by atoms with Crippen LogP contribution in [0, 0.1) is 0 Å². The second kappa shape index (κ2) is 11.6. The summed E-state index contributed by atoms with van der Waals surface area (Å²) in [7, 11) is 0. The summed E-state index contributed by atoms with van der Waals surface area (Å²) in [6.45, 7) is 15.8. The van der Waals surface area contributed by atoms with Crippen LogP contribution < -0.4 is 10.6 Å². The highest BCUT2D eigenvalue weighted by Crippen LogP contribution is 2.19. The number of thiazole rings is 1. The van der Waals surface area contributed by atoms with Gasteiger partial charge in [0.15, 0.2) is 5.96 Å². The molecule has 0 radical (unpaired) electrons. The van der Waals surface area contributed by atoms with Crippen LogP contribution in [0.3, 0.4) is 0 Å². The molecule has 0 amide bonds. The molecule has 1 aliphatic heterocycles. The van der Waals surface area contributed by atoms with Crippen molar-refractivity contribution in [3.05, 3.63) is 51.5 Å². The van der Waals surface area contributed by atoms with Crippen molar-refractivity contribution in [1.29, 1.82) is 0 Å². The van der Waals surface area contributed by atoms with Crippen molar-refractivity contribution in [3.8, 4) is 0 Å². The van der Waals surface area contributed by atoms with Crippen LogP contribution in [-0.2, 0) is 24.4 Å². The summed E-state index contributed by atoms with van der Waals surface area (Å²) in [6.07, 6.45) is 0.557. The highest BCUT2D eigenvalue weighted by atomic mass is 32.1. The second-order valence-electron chi connectivity index (χ2n) is 8.59. The van der Waals surface area contributed by atoms with Gasteiger partial charge in [0.2, 0.25) is 0 Å². The molecule has 31 heavy (non-hydrogen) atoms. The molecule has 2 atom stereocenters. The Bertz CT molecular complexity index is 840. The van der Waals surface area contributed by atoms with Gasteiger partial charge in [0.1, 0.15) is 5.01 Å². The number of hydrogen-bond donors (Lipinski definition) is 2. The van der Waals surface area contributed by atoms with Gasteiger partial charge in [-0.3, -0.25) is 4.90 Å². The molecule has 170 valence electrons. The highest BCUT2D eigenvalue weighted by molar-refractivity contribution is 7.09. The molecule has 7 heteroatoms. The number of benzene rings is 1. The molecule has 2 N–H and O–H groups in total. The van der Waals surface area contributed by atoms with E-state index in [2.05, 4.69) is 79.8 Å². The van der Waals surface area contributed by atoms with Gasteiger partial charge in [-0.2, -0.15) is 0 Å². The van der Waals surface area contributed by atoms with Gasteiger partial charge in [-0.15, -0.1) is 11.3 Å². The van der Waals surface area contributed by atoms with Crippen LogP contribution in [0.2, 0.25) is 0 Å². The van der Waals surface area contributed by atoms with Crippen molar-refractivity contribution >= 4 is 17.3 Å². The van der Waals surface area contributed by atoms with E-state index in [0.717, 1.165) is 42.8 Å². The number of guanidine groups is 1. The van der Waals surface area contributed by atoms with E-state index < -0.39 is 0 Å². The molecule has 1 saturated heterocycles. The molecule has 1 aliphatic rings. The Labute approximate surface area is 191 Å². The third-order valence-corrected chi connectivity index (χ3v) is 6.19. The molecule has 0 saturated carbocycles. The van der Waals surface area contributed by atoms with Gasteiger partial charge in [0, 0.05) is 31.6 Å². The molecule has 1 aromatic carbocycles. The largest absolute Gasteiger partial charge is 0.373 e. The maximum absolute atomic E-state index is 5.88. The Morgan fingerprint density at radius 1 is 1.19 bits per heavy atom. The van der Waals surface area contributed by atoms with Crippen molar-refractivity contribution in [3.63, 3.8) is 0 Å². The van der Waals surface area contributed by atoms with Gasteiger partial charge in [0.25, 0.3) is 0 Å². The first kappa shape index (κ1) is 23.7. The Hall–Kier alpha value is -1.96. The first-order valence-corrected chi connectivity index (χ1v) is 12.2. The van der Waals surface area contributed by atoms with E-state index in [1.807, 2.05) is 0 Å². The van der Waals surface area contributed by atoms with Crippen LogP contribution in [0.5, 0.6) is 0 Å². The Balaban J connectivity index is 1.63. The fraction of sp³-hybridized carbons (Fsp3) is 0.583. The molecule has 1 fully saturated rings. The van der Waals surface area contributed by atoms with Crippen LogP contribution in [0.1, 0.15) is 62.4 Å². The average Bonchev–Trinajstić information content (AvgIpc) is 3.20. The maximum atomic E-state index is 5.88. The van der Waals surface area contributed by atoms with Gasteiger partial charge < -0.3 is 15.4 Å². The third-order valence-electron chi connectivity index (χ3n) is 5.33. The summed E-state index contributed by atoms with van der Waals surface area (Å²) in [6, 6.07) is 8.63. The van der Waals surface area contributed by atoms with Crippen molar-refractivity contribution < 1.29 is 4.74 Å². The predicted molar refractivity (Wildman–Crippen MR) is 130 cm³/mol. The Morgan fingerprint density at radius 3 is 2.55 bits per heavy atom. The molecule has 6 nitrogen and oxygen atoms in total. The van der Waals surface area contributed by atoms with Crippen LogP contribution >= 0.6 is 11.3 Å². The molecule has 1 aromatic heterocycles. The number of rotatable bonds is 8. The topological polar surface area (TPSA) is 61.8 Å². The summed E-state index contributed by atoms with van der Waals surface area (Å²) in [4.78, 5) is 12.0. The smallest absolute Gasteiger partial charge is 0.191 e. The number of morpholine rings is 1. The normalized spacial score (nSPS) is 20.3. The van der Waals surface area contributed by atoms with Gasteiger partial charge in [-0.1, -0.05) is 38.1 Å². The third kappa shape index (κ3) is 7.30. The molecule has 0 spiro atoms. The lowest BCUT2D eigenvalue weighted by Gasteiger charge is -2.35. The quantitative estimate of drug-likeness (QED) is 0.474. The van der Waals surface area contributed by atoms with Crippen molar-refractivity contribution in [2.45, 2.75) is 72.4 Å². The first-order valence-electron chi connectivity index (χ1n) is 11.4. The van der Waals surface area contributed by atoms with Gasteiger partial charge in [-0.25, -0.2) is 9.98 Å². The number of hydrogen-bond acceptors (Lipinski definition) is 5. The Kier molecular flexibility index (Phi) is 8.87. The van der Waals surface area contributed by atoms with Gasteiger partial charge in [-0.05, 0) is 37.8 Å². The van der Waals surface area contributed by atoms with Crippen LogP contribution in [0.4, 0.5) is 0 Å². The fourth-order valence-corrected chi connectivity index (χ4v) is 4.75. The highest BCUT2D eigenvalue weighted by Gasteiger charge is 2.22. The van der Waals surface area contributed by atoms with E-state index in [0.29, 0.717) is 19.0 Å². The molecule has 2 unspecified atom stereocenters. The van der Waals surface area contributed by atoms with Crippen LogP contribution in [0.25, 0.3) is 0 Å². The zero-order valence-electron chi connectivity index (χ0n) is 19.5. The lowest BCUT2D eigenvalue weighted by Crippen LogP contribution is -2.44. The second-order valence-corrected chi connectivity index (χ2v) is 9.53. The molecule has 0 bridgehead atoms. The van der Waals surface area contributed by atoms with Gasteiger partial charge >= 0.3 is 0 Å². The lowest BCUT2D eigenvalue weighted by molar-refractivity contribution is -0.0705. The fourth-order valence-electron chi connectivity index (χ4n) is 3.86. The minimum Gasteiger partial charge on any atom is -0.373 e. The number of nitrogens with zero attached hydrogens (tertiary/aromatic N) is 3. The maximum Gasteiger partial charge on any atom is 0.191 e. The first-order chi connectivity index (χ1) is 14.9. The van der Waals surface area contributed by atoms with E-state index in [-0.39, 0.29) is 12.2 Å². The molecular weight excluding hydrogens is 406 g/mol. The number of aliphatic imine (C=N–C) groups is 1. The van der Waals surface area contributed by atoms with Crippen LogP contribution in [0.15, 0.2) is 34.6 Å². The zero-order chi connectivity index (χ0) is 22.2. The number of aromatic nitrogens is 1. The van der Waals surface area contributed by atoms with Crippen molar-refractivity contribution in [2.75, 3.05) is 19.6 Å². The van der Waals surface area contributed by atoms with E-state index >= 15 is 0 Å². The van der Waals surface area contributed by atoms with E-state index in [1.54, 1.807) is 11.3 Å². The lowest BCUT2D eigenvalue weighted by atomic mass is 10.1. The van der Waals surface area contributed by atoms with Gasteiger partial charge in [0.05, 0.1) is 31.0 Å². The molecule has 2 aromatic rings. The molecule has 3 rings (SSSR count). The Morgan fingerprint density at radius 2 is 1.90 bits per heavy atom. The van der Waals surface area contributed by atoms with E-state index in [9.17, 15) is 0 Å². The van der Waals surface area contributed by atoms with E-state index in [1.165, 1.54) is 11.1 Å². The summed E-state index contributed by atoms with van der Waals surface area (Å²) in [5, 5.41) is 10.0. The van der Waals surface area contributed by atoms with Crippen LogP contribution in [-0.4, -0.2) is 47.7 Å². The monoisotopic (exact) mass is 443 g/mol. The minimum absolute atomic E-state index is 0.278.